The number of nitrogens with one attached hydrogen (secondary N) is 2. The summed E-state index contributed by atoms with van der Waals surface area (Å²) in [4.78, 5) is 4.49. The van der Waals surface area contributed by atoms with E-state index >= 15 is 0 Å². The topological polar surface area (TPSA) is 67.1 Å². The van der Waals surface area contributed by atoms with Crippen molar-refractivity contribution in [1.82, 2.24) is 25.4 Å². The number of aromatic nitrogens is 3. The monoisotopic (exact) mass is 380 g/mol. The van der Waals surface area contributed by atoms with Crippen molar-refractivity contribution in [3.63, 3.8) is 0 Å². The Bertz CT molecular complexity index is 363. The molecule has 0 aliphatic rings. The number of unbranched alkanes of at least 4 members (excludes halogenated alkanes) is 2. The summed E-state index contributed by atoms with van der Waals surface area (Å²) in [5.41, 5.74) is 0. The molecule has 0 aliphatic heterocycles. The van der Waals surface area contributed by atoms with Gasteiger partial charge < -0.3 is 15.2 Å². The molecule has 2 N–H and O–H groups in total. The third kappa shape index (κ3) is 7.34. The molecule has 110 valence electrons. The highest BCUT2D eigenvalue weighted by atomic mass is 127. The lowest BCUT2D eigenvalue weighted by Crippen LogP contribution is -2.37. The van der Waals surface area contributed by atoms with Gasteiger partial charge in [-0.2, -0.15) is 0 Å². The first-order valence-electron chi connectivity index (χ1n) is 6.63. The smallest absolute Gasteiger partial charge is 0.191 e. The van der Waals surface area contributed by atoms with Gasteiger partial charge in [-0.05, 0) is 13.3 Å². The van der Waals surface area contributed by atoms with Crippen molar-refractivity contribution in [2.24, 2.45) is 12.0 Å². The van der Waals surface area contributed by atoms with E-state index in [1.807, 2.05) is 11.6 Å². The van der Waals surface area contributed by atoms with Crippen LogP contribution >= 0.6 is 24.0 Å². The van der Waals surface area contributed by atoms with E-state index in [2.05, 4.69) is 39.7 Å². The Morgan fingerprint density at radius 2 is 2.11 bits per heavy atom. The highest BCUT2D eigenvalue weighted by Crippen LogP contribution is 1.94. The maximum Gasteiger partial charge on any atom is 0.191 e. The average molecular weight is 380 g/mol. The maximum absolute atomic E-state index is 4.49. The molecular formula is C12H25IN6. The SMILES string of the molecule is CCCCCNC(=NCc1nncn1C)NCC.I. The molecule has 0 unspecified atom stereocenters. The lowest BCUT2D eigenvalue weighted by Gasteiger charge is -2.10. The first-order chi connectivity index (χ1) is 8.77. The Morgan fingerprint density at radius 3 is 2.68 bits per heavy atom. The van der Waals surface area contributed by atoms with Crippen molar-refractivity contribution in [3.05, 3.63) is 12.2 Å². The fourth-order valence-corrected chi connectivity index (χ4v) is 1.52. The summed E-state index contributed by atoms with van der Waals surface area (Å²) in [6.45, 7) is 6.62. The molecule has 0 aliphatic carbocycles. The molecule has 19 heavy (non-hydrogen) atoms. The van der Waals surface area contributed by atoms with Crippen LogP contribution in [0.2, 0.25) is 0 Å². The summed E-state index contributed by atoms with van der Waals surface area (Å²) in [6.07, 6.45) is 5.33. The van der Waals surface area contributed by atoms with Crippen molar-refractivity contribution < 1.29 is 0 Å². The maximum atomic E-state index is 4.49. The quantitative estimate of drug-likeness (QED) is 0.327. The van der Waals surface area contributed by atoms with E-state index in [9.17, 15) is 0 Å². The van der Waals surface area contributed by atoms with Crippen LogP contribution in [0, 0.1) is 0 Å². The predicted molar refractivity (Wildman–Crippen MR) is 88.8 cm³/mol. The molecule has 1 rings (SSSR count). The van der Waals surface area contributed by atoms with Crippen LogP contribution in [0.15, 0.2) is 11.3 Å². The van der Waals surface area contributed by atoms with Crippen LogP contribution in [-0.2, 0) is 13.6 Å². The number of aliphatic imine (C=N–C) groups is 1. The third-order valence-corrected chi connectivity index (χ3v) is 2.60. The van der Waals surface area contributed by atoms with Gasteiger partial charge in [-0.1, -0.05) is 19.8 Å². The second-order valence-electron chi connectivity index (χ2n) is 4.19. The molecule has 0 atom stereocenters. The normalized spacial score (nSPS) is 11.0. The molecule has 0 aromatic carbocycles. The zero-order valence-electron chi connectivity index (χ0n) is 12.0. The van der Waals surface area contributed by atoms with E-state index < -0.39 is 0 Å². The molecule has 6 nitrogen and oxygen atoms in total. The Kier molecular flexibility index (Phi) is 10.5. The van der Waals surface area contributed by atoms with Crippen molar-refractivity contribution in [1.29, 1.82) is 0 Å². The van der Waals surface area contributed by atoms with Gasteiger partial charge in [0, 0.05) is 20.1 Å². The number of rotatable bonds is 7. The summed E-state index contributed by atoms with van der Waals surface area (Å²) < 4.78 is 1.88. The molecule has 1 aromatic rings. The van der Waals surface area contributed by atoms with Crippen molar-refractivity contribution in [3.8, 4) is 0 Å². The highest BCUT2D eigenvalue weighted by molar-refractivity contribution is 14.0. The average Bonchev–Trinajstić information content (AvgIpc) is 2.77. The van der Waals surface area contributed by atoms with Crippen LogP contribution in [0.3, 0.4) is 0 Å². The van der Waals surface area contributed by atoms with Gasteiger partial charge in [-0.25, -0.2) is 4.99 Å². The van der Waals surface area contributed by atoms with Gasteiger partial charge >= 0.3 is 0 Å². The minimum atomic E-state index is 0. The Balaban J connectivity index is 0.00000324. The highest BCUT2D eigenvalue weighted by Gasteiger charge is 2.00. The van der Waals surface area contributed by atoms with Gasteiger partial charge in [0.15, 0.2) is 11.8 Å². The Labute approximate surface area is 132 Å². The van der Waals surface area contributed by atoms with Gasteiger partial charge in [0.05, 0.1) is 0 Å². The molecule has 0 bridgehead atoms. The molecule has 1 heterocycles. The standard InChI is InChI=1S/C12H24N6.HI/c1-4-6-7-8-14-12(13-5-2)15-9-11-17-16-10-18(11)3;/h10H,4-9H2,1-3H3,(H2,13,14,15);1H. The zero-order chi connectivity index (χ0) is 13.2. The summed E-state index contributed by atoms with van der Waals surface area (Å²) in [5.74, 6) is 1.71. The van der Waals surface area contributed by atoms with Crippen LogP contribution < -0.4 is 10.6 Å². The summed E-state index contributed by atoms with van der Waals surface area (Å²) in [7, 11) is 1.92. The van der Waals surface area contributed by atoms with E-state index in [1.165, 1.54) is 19.3 Å². The van der Waals surface area contributed by atoms with Crippen molar-refractivity contribution in [2.45, 2.75) is 39.7 Å². The summed E-state index contributed by atoms with van der Waals surface area (Å²) >= 11 is 0. The van der Waals surface area contributed by atoms with Crippen LogP contribution in [0.5, 0.6) is 0 Å². The van der Waals surface area contributed by atoms with Crippen molar-refractivity contribution >= 4 is 29.9 Å². The largest absolute Gasteiger partial charge is 0.357 e. The van der Waals surface area contributed by atoms with Crippen LogP contribution in [-0.4, -0.2) is 33.8 Å². The lowest BCUT2D eigenvalue weighted by atomic mass is 10.2. The third-order valence-electron chi connectivity index (χ3n) is 2.60. The van der Waals surface area contributed by atoms with Gasteiger partial charge in [-0.3, -0.25) is 0 Å². The lowest BCUT2D eigenvalue weighted by molar-refractivity contribution is 0.681. The predicted octanol–water partition coefficient (Wildman–Crippen LogP) is 1.68. The fourth-order valence-electron chi connectivity index (χ4n) is 1.52. The molecule has 0 amide bonds. The second-order valence-corrected chi connectivity index (χ2v) is 4.19. The van der Waals surface area contributed by atoms with Gasteiger partial charge in [0.25, 0.3) is 0 Å². The van der Waals surface area contributed by atoms with Crippen LogP contribution in [0.1, 0.15) is 38.9 Å². The molecule has 0 spiro atoms. The van der Waals surface area contributed by atoms with E-state index in [0.29, 0.717) is 6.54 Å². The molecule has 7 heteroatoms. The minimum absolute atomic E-state index is 0. The first-order valence-corrected chi connectivity index (χ1v) is 6.63. The Morgan fingerprint density at radius 1 is 1.32 bits per heavy atom. The summed E-state index contributed by atoms with van der Waals surface area (Å²) in [6, 6.07) is 0. The van der Waals surface area contributed by atoms with Gasteiger partial charge in [-0.15, -0.1) is 34.2 Å². The molecule has 0 radical (unpaired) electrons. The molecule has 0 saturated carbocycles. The van der Waals surface area contributed by atoms with Crippen LogP contribution in [0.4, 0.5) is 0 Å². The minimum Gasteiger partial charge on any atom is -0.357 e. The number of hydrogen-bond acceptors (Lipinski definition) is 3. The Hall–Kier alpha value is -0.860. The number of aryl methyl sites for hydroxylation is 1. The molecule has 1 aromatic heterocycles. The second kappa shape index (κ2) is 11.0. The number of guanidine groups is 1. The fraction of sp³-hybridized carbons (Fsp3) is 0.750. The summed E-state index contributed by atoms with van der Waals surface area (Å²) in [5, 5.41) is 14.4. The van der Waals surface area contributed by atoms with E-state index in [4.69, 9.17) is 0 Å². The van der Waals surface area contributed by atoms with Crippen LogP contribution in [0.25, 0.3) is 0 Å². The van der Waals surface area contributed by atoms with Gasteiger partial charge in [0.2, 0.25) is 0 Å². The molecule has 0 saturated heterocycles. The molecular weight excluding hydrogens is 355 g/mol. The number of halogens is 1. The van der Waals surface area contributed by atoms with Crippen molar-refractivity contribution in [2.75, 3.05) is 13.1 Å². The first kappa shape index (κ1) is 18.1. The molecule has 0 fully saturated rings. The zero-order valence-corrected chi connectivity index (χ0v) is 14.3. The van der Waals surface area contributed by atoms with E-state index in [1.54, 1.807) is 6.33 Å². The number of hydrogen-bond donors (Lipinski definition) is 2. The van der Waals surface area contributed by atoms with E-state index in [-0.39, 0.29) is 24.0 Å². The van der Waals surface area contributed by atoms with E-state index in [0.717, 1.165) is 24.9 Å². The number of nitrogens with zero attached hydrogens (tertiary/aromatic N) is 4. The van der Waals surface area contributed by atoms with Gasteiger partial charge in [0.1, 0.15) is 12.9 Å².